The number of hydrogen-bond donors (Lipinski definition) is 0. The van der Waals surface area contributed by atoms with Gasteiger partial charge >= 0.3 is 0 Å². The number of rotatable bonds is 2. The van der Waals surface area contributed by atoms with Gasteiger partial charge in [-0.3, -0.25) is 4.90 Å². The fourth-order valence-corrected chi connectivity index (χ4v) is 3.76. The number of fused-ring (bicyclic) bond motifs is 1. The topological polar surface area (TPSA) is 32.3 Å². The van der Waals surface area contributed by atoms with Gasteiger partial charge in [-0.15, -0.1) is 0 Å². The molecule has 0 amide bonds. The number of nitrogens with zero attached hydrogens (tertiary/aromatic N) is 4. The lowest BCUT2D eigenvalue weighted by Gasteiger charge is -2.41. The van der Waals surface area contributed by atoms with E-state index in [2.05, 4.69) is 44.0 Å². The third kappa shape index (κ3) is 2.71. The summed E-state index contributed by atoms with van der Waals surface area (Å²) in [7, 11) is 0. The second-order valence-corrected chi connectivity index (χ2v) is 6.27. The highest BCUT2D eigenvalue weighted by molar-refractivity contribution is 5.37. The summed E-state index contributed by atoms with van der Waals surface area (Å²) in [6.07, 6.45) is 7.12. The summed E-state index contributed by atoms with van der Waals surface area (Å²) in [5.74, 6) is 1.07. The number of piperidine rings is 1. The minimum absolute atomic E-state index is 0.714. The standard InChI is InChI=1S/C18H22N4/c1-2-4-16-13-22(10-6-15(16)3-1)17-7-11-21(12-8-17)18-5-9-19-14-20-18/h1-5,9,14,17H,6-8,10-13H2. The fourth-order valence-electron chi connectivity index (χ4n) is 3.76. The van der Waals surface area contributed by atoms with Crippen molar-refractivity contribution in [2.75, 3.05) is 24.5 Å². The Morgan fingerprint density at radius 3 is 2.55 bits per heavy atom. The van der Waals surface area contributed by atoms with Crippen molar-refractivity contribution in [1.82, 2.24) is 14.9 Å². The van der Waals surface area contributed by atoms with Gasteiger partial charge in [0.25, 0.3) is 0 Å². The smallest absolute Gasteiger partial charge is 0.131 e. The largest absolute Gasteiger partial charge is 0.356 e. The average Bonchev–Trinajstić information content (AvgIpc) is 2.62. The van der Waals surface area contributed by atoms with E-state index in [4.69, 9.17) is 0 Å². The van der Waals surface area contributed by atoms with Gasteiger partial charge in [0, 0.05) is 38.4 Å². The Morgan fingerprint density at radius 1 is 0.955 bits per heavy atom. The zero-order valence-corrected chi connectivity index (χ0v) is 12.9. The zero-order valence-electron chi connectivity index (χ0n) is 12.9. The maximum atomic E-state index is 4.37. The van der Waals surface area contributed by atoms with Crippen LogP contribution in [0.25, 0.3) is 0 Å². The molecule has 1 aromatic carbocycles. The van der Waals surface area contributed by atoms with Gasteiger partial charge in [0.2, 0.25) is 0 Å². The van der Waals surface area contributed by atoms with Gasteiger partial charge in [-0.2, -0.15) is 0 Å². The molecule has 1 saturated heterocycles. The molecule has 1 fully saturated rings. The Hall–Kier alpha value is -1.94. The molecule has 22 heavy (non-hydrogen) atoms. The van der Waals surface area contributed by atoms with Crippen LogP contribution in [0.15, 0.2) is 42.9 Å². The summed E-state index contributed by atoms with van der Waals surface area (Å²) < 4.78 is 0. The molecule has 0 spiro atoms. The van der Waals surface area contributed by atoms with E-state index >= 15 is 0 Å². The van der Waals surface area contributed by atoms with Gasteiger partial charge in [0.1, 0.15) is 12.1 Å². The molecular weight excluding hydrogens is 272 g/mol. The predicted octanol–water partition coefficient (Wildman–Crippen LogP) is 2.50. The van der Waals surface area contributed by atoms with Crippen molar-refractivity contribution in [2.45, 2.75) is 31.8 Å². The first-order valence-electron chi connectivity index (χ1n) is 8.22. The summed E-state index contributed by atoms with van der Waals surface area (Å²) in [6, 6.07) is 11.6. The molecule has 3 heterocycles. The molecule has 0 unspecified atom stereocenters. The Kier molecular flexibility index (Phi) is 3.77. The molecule has 0 saturated carbocycles. The number of hydrogen-bond acceptors (Lipinski definition) is 4. The van der Waals surface area contributed by atoms with Crippen LogP contribution in [0.5, 0.6) is 0 Å². The first-order chi connectivity index (χ1) is 10.9. The summed E-state index contributed by atoms with van der Waals surface area (Å²) >= 11 is 0. The molecule has 0 N–H and O–H groups in total. The van der Waals surface area contributed by atoms with Crippen LogP contribution in [-0.2, 0) is 13.0 Å². The predicted molar refractivity (Wildman–Crippen MR) is 87.8 cm³/mol. The molecule has 2 aromatic rings. The van der Waals surface area contributed by atoms with Gasteiger partial charge in [0.05, 0.1) is 0 Å². The monoisotopic (exact) mass is 294 g/mol. The normalized spacial score (nSPS) is 19.9. The third-order valence-electron chi connectivity index (χ3n) is 5.03. The maximum Gasteiger partial charge on any atom is 0.131 e. The van der Waals surface area contributed by atoms with E-state index in [1.165, 1.54) is 36.9 Å². The van der Waals surface area contributed by atoms with Crippen LogP contribution >= 0.6 is 0 Å². The van der Waals surface area contributed by atoms with Gasteiger partial charge in [-0.1, -0.05) is 24.3 Å². The number of benzene rings is 1. The van der Waals surface area contributed by atoms with Crippen molar-refractivity contribution < 1.29 is 0 Å². The van der Waals surface area contributed by atoms with E-state index in [0.717, 1.165) is 25.5 Å². The SMILES string of the molecule is c1ccc2c(c1)CCN(C1CCN(c3ccncn3)CC1)C2. The molecule has 2 aliphatic rings. The molecule has 2 aliphatic heterocycles. The summed E-state index contributed by atoms with van der Waals surface area (Å²) in [5.41, 5.74) is 3.06. The van der Waals surface area contributed by atoms with Crippen LogP contribution in [0.4, 0.5) is 5.82 Å². The van der Waals surface area contributed by atoms with Crippen molar-refractivity contribution in [3.8, 4) is 0 Å². The molecule has 0 atom stereocenters. The molecule has 0 radical (unpaired) electrons. The maximum absolute atomic E-state index is 4.37. The van der Waals surface area contributed by atoms with Crippen LogP contribution in [0.2, 0.25) is 0 Å². The minimum atomic E-state index is 0.714. The van der Waals surface area contributed by atoms with Crippen molar-refractivity contribution >= 4 is 5.82 Å². The highest BCUT2D eigenvalue weighted by Gasteiger charge is 2.27. The summed E-state index contributed by atoms with van der Waals surface area (Å²) in [5, 5.41) is 0. The minimum Gasteiger partial charge on any atom is -0.356 e. The summed E-state index contributed by atoms with van der Waals surface area (Å²) in [4.78, 5) is 13.4. The first kappa shape index (κ1) is 13.7. The second kappa shape index (κ2) is 6.05. The highest BCUT2D eigenvalue weighted by Crippen LogP contribution is 2.26. The van der Waals surface area contributed by atoms with Crippen LogP contribution in [0.3, 0.4) is 0 Å². The van der Waals surface area contributed by atoms with Crippen LogP contribution < -0.4 is 4.90 Å². The van der Waals surface area contributed by atoms with Gasteiger partial charge in [-0.25, -0.2) is 9.97 Å². The zero-order chi connectivity index (χ0) is 14.8. The van der Waals surface area contributed by atoms with Crippen molar-refractivity contribution in [3.05, 3.63) is 54.0 Å². The van der Waals surface area contributed by atoms with Gasteiger partial charge in [-0.05, 0) is 36.5 Å². The van der Waals surface area contributed by atoms with Crippen LogP contribution in [-0.4, -0.2) is 40.5 Å². The number of anilines is 1. The molecule has 4 nitrogen and oxygen atoms in total. The first-order valence-corrected chi connectivity index (χ1v) is 8.22. The van der Waals surface area contributed by atoms with Crippen molar-refractivity contribution in [3.63, 3.8) is 0 Å². The van der Waals surface area contributed by atoms with Gasteiger partial charge in [0.15, 0.2) is 0 Å². The Labute approximate surface area is 131 Å². The second-order valence-electron chi connectivity index (χ2n) is 6.27. The lowest BCUT2D eigenvalue weighted by Crippen LogP contribution is -2.46. The van der Waals surface area contributed by atoms with E-state index in [1.54, 1.807) is 6.33 Å². The van der Waals surface area contributed by atoms with Crippen LogP contribution in [0, 0.1) is 0 Å². The highest BCUT2D eigenvalue weighted by atomic mass is 15.2. The molecule has 4 rings (SSSR count). The lowest BCUT2D eigenvalue weighted by molar-refractivity contribution is 0.153. The van der Waals surface area contributed by atoms with E-state index in [1.807, 2.05) is 12.3 Å². The van der Waals surface area contributed by atoms with Crippen LogP contribution in [0.1, 0.15) is 24.0 Å². The lowest BCUT2D eigenvalue weighted by atomic mass is 9.95. The molecule has 114 valence electrons. The summed E-state index contributed by atoms with van der Waals surface area (Å²) in [6.45, 7) is 4.52. The van der Waals surface area contributed by atoms with Crippen molar-refractivity contribution in [2.24, 2.45) is 0 Å². The quantitative estimate of drug-likeness (QED) is 0.852. The average molecular weight is 294 g/mol. The molecule has 0 bridgehead atoms. The van der Waals surface area contributed by atoms with Crippen molar-refractivity contribution in [1.29, 1.82) is 0 Å². The van der Waals surface area contributed by atoms with E-state index in [-0.39, 0.29) is 0 Å². The third-order valence-corrected chi connectivity index (χ3v) is 5.03. The molecule has 0 aliphatic carbocycles. The number of aromatic nitrogens is 2. The van der Waals surface area contributed by atoms with Gasteiger partial charge < -0.3 is 4.90 Å². The molecule has 1 aromatic heterocycles. The van der Waals surface area contributed by atoms with E-state index in [0.29, 0.717) is 6.04 Å². The Balaban J connectivity index is 1.38. The molecule has 4 heteroatoms. The molecular formula is C18H22N4. The van der Waals surface area contributed by atoms with E-state index in [9.17, 15) is 0 Å². The Morgan fingerprint density at radius 2 is 1.77 bits per heavy atom. The fraction of sp³-hybridized carbons (Fsp3) is 0.444. The van der Waals surface area contributed by atoms with E-state index < -0.39 is 0 Å². The Bertz CT molecular complexity index is 620.